The van der Waals surface area contributed by atoms with Crippen molar-refractivity contribution in [1.29, 1.82) is 0 Å². The molecule has 0 saturated carbocycles. The van der Waals surface area contributed by atoms with Crippen molar-refractivity contribution < 1.29 is 13.2 Å². The van der Waals surface area contributed by atoms with Gasteiger partial charge in [0.2, 0.25) is 10.0 Å². The molecule has 0 spiro atoms. The minimum atomic E-state index is -3.59. The third-order valence-electron chi connectivity index (χ3n) is 3.94. The first kappa shape index (κ1) is 19.1. The second-order valence-electron chi connectivity index (χ2n) is 5.63. The van der Waals surface area contributed by atoms with Crippen LogP contribution < -0.4 is 0 Å². The molecule has 7 heteroatoms. The Kier molecular flexibility index (Phi) is 6.27. The van der Waals surface area contributed by atoms with Crippen LogP contribution >= 0.6 is 0 Å². The first-order valence-electron chi connectivity index (χ1n) is 8.14. The van der Waals surface area contributed by atoms with Crippen LogP contribution in [0.2, 0.25) is 0 Å². The zero-order chi connectivity index (χ0) is 18.4. The van der Waals surface area contributed by atoms with Crippen molar-refractivity contribution in [2.45, 2.75) is 25.3 Å². The van der Waals surface area contributed by atoms with Crippen molar-refractivity contribution in [3.05, 3.63) is 59.9 Å². The zero-order valence-corrected chi connectivity index (χ0v) is 15.5. The lowest BCUT2D eigenvalue weighted by molar-refractivity contribution is 0.0785. The molecule has 0 aliphatic carbocycles. The summed E-state index contributed by atoms with van der Waals surface area (Å²) in [5.41, 5.74) is 1.31. The molecule has 0 atom stereocenters. The van der Waals surface area contributed by atoms with Crippen LogP contribution in [0.4, 0.5) is 0 Å². The van der Waals surface area contributed by atoms with Crippen LogP contribution in [0.25, 0.3) is 0 Å². The second kappa shape index (κ2) is 8.22. The van der Waals surface area contributed by atoms with Crippen LogP contribution in [-0.4, -0.2) is 48.7 Å². The molecule has 1 amide bonds. The maximum atomic E-state index is 12.6. The highest BCUT2D eigenvalue weighted by molar-refractivity contribution is 7.89. The minimum absolute atomic E-state index is 0.138. The molecule has 0 bridgehead atoms. The molecule has 25 heavy (non-hydrogen) atoms. The molecule has 0 unspecified atom stereocenters. The Morgan fingerprint density at radius 3 is 2.32 bits per heavy atom. The van der Waals surface area contributed by atoms with Gasteiger partial charge in [0.15, 0.2) is 0 Å². The highest BCUT2D eigenvalue weighted by Gasteiger charge is 2.23. The molecule has 1 aromatic heterocycles. The summed E-state index contributed by atoms with van der Waals surface area (Å²) in [5, 5.41) is 0. The Labute approximate surface area is 149 Å². The van der Waals surface area contributed by atoms with Crippen molar-refractivity contribution in [2.75, 3.05) is 20.1 Å². The van der Waals surface area contributed by atoms with E-state index < -0.39 is 10.0 Å². The van der Waals surface area contributed by atoms with Gasteiger partial charge in [-0.25, -0.2) is 8.42 Å². The van der Waals surface area contributed by atoms with E-state index in [2.05, 4.69) is 4.98 Å². The predicted molar refractivity (Wildman–Crippen MR) is 96.6 cm³/mol. The first-order chi connectivity index (χ1) is 11.9. The van der Waals surface area contributed by atoms with E-state index in [0.717, 1.165) is 5.56 Å². The number of nitrogens with zero attached hydrogens (tertiary/aromatic N) is 3. The Balaban J connectivity index is 2.24. The molecule has 2 rings (SSSR count). The molecule has 0 saturated heterocycles. The summed E-state index contributed by atoms with van der Waals surface area (Å²) in [6, 6.07) is 9.87. The van der Waals surface area contributed by atoms with Crippen molar-refractivity contribution in [2.24, 2.45) is 0 Å². The third-order valence-corrected chi connectivity index (χ3v) is 5.99. The number of carbonyl (C=O) groups excluding carboxylic acids is 1. The van der Waals surface area contributed by atoms with Crippen molar-refractivity contribution >= 4 is 15.9 Å². The first-order valence-corrected chi connectivity index (χ1v) is 9.58. The lowest BCUT2D eigenvalue weighted by Gasteiger charge is -2.20. The molecule has 1 aromatic carbocycles. The number of amides is 1. The highest BCUT2D eigenvalue weighted by atomic mass is 32.2. The fourth-order valence-corrected chi connectivity index (χ4v) is 4.06. The normalized spacial score (nSPS) is 11.5. The van der Waals surface area contributed by atoms with E-state index in [1.807, 2.05) is 12.1 Å². The lowest BCUT2D eigenvalue weighted by Crippen LogP contribution is -2.31. The summed E-state index contributed by atoms with van der Waals surface area (Å²) in [7, 11) is -1.90. The maximum absolute atomic E-state index is 12.6. The zero-order valence-electron chi connectivity index (χ0n) is 14.7. The molecular weight excluding hydrogens is 338 g/mol. The van der Waals surface area contributed by atoms with Crippen LogP contribution in [0.1, 0.15) is 29.8 Å². The van der Waals surface area contributed by atoms with E-state index in [0.29, 0.717) is 25.2 Å². The average molecular weight is 361 g/mol. The molecule has 0 N–H and O–H groups in total. The summed E-state index contributed by atoms with van der Waals surface area (Å²) in [6.45, 7) is 4.78. The van der Waals surface area contributed by atoms with Gasteiger partial charge in [0.1, 0.15) is 0 Å². The topological polar surface area (TPSA) is 70.6 Å². The number of sulfonamides is 1. The van der Waals surface area contributed by atoms with Gasteiger partial charge < -0.3 is 4.90 Å². The van der Waals surface area contributed by atoms with Crippen molar-refractivity contribution in [3.63, 3.8) is 0 Å². The molecule has 134 valence electrons. The molecule has 0 aliphatic heterocycles. The lowest BCUT2D eigenvalue weighted by atomic mass is 10.2. The fraction of sp³-hybridized carbons (Fsp3) is 0.333. The number of hydrogen-bond acceptors (Lipinski definition) is 4. The maximum Gasteiger partial charge on any atom is 0.253 e. The largest absolute Gasteiger partial charge is 0.337 e. The van der Waals surface area contributed by atoms with Gasteiger partial charge in [-0.1, -0.05) is 19.9 Å². The predicted octanol–water partition coefficient (Wildman–Crippen LogP) is 2.38. The molecule has 0 radical (unpaired) electrons. The van der Waals surface area contributed by atoms with E-state index in [1.54, 1.807) is 50.3 Å². The molecule has 6 nitrogen and oxygen atoms in total. The van der Waals surface area contributed by atoms with Gasteiger partial charge in [-0.05, 0) is 35.9 Å². The molecule has 0 aliphatic rings. The smallest absolute Gasteiger partial charge is 0.253 e. The summed E-state index contributed by atoms with van der Waals surface area (Å²) in [6.07, 6.45) is 3.34. The Hall–Kier alpha value is -2.25. The van der Waals surface area contributed by atoms with Crippen molar-refractivity contribution in [1.82, 2.24) is 14.2 Å². The summed E-state index contributed by atoms with van der Waals surface area (Å²) >= 11 is 0. The van der Waals surface area contributed by atoms with Gasteiger partial charge >= 0.3 is 0 Å². The van der Waals surface area contributed by atoms with Gasteiger partial charge in [-0.2, -0.15) is 4.31 Å². The van der Waals surface area contributed by atoms with Crippen LogP contribution in [0.15, 0.2) is 53.7 Å². The van der Waals surface area contributed by atoms with Crippen LogP contribution in [-0.2, 0) is 16.6 Å². The van der Waals surface area contributed by atoms with E-state index in [1.165, 1.54) is 16.4 Å². The van der Waals surface area contributed by atoms with E-state index >= 15 is 0 Å². The van der Waals surface area contributed by atoms with Crippen molar-refractivity contribution in [3.8, 4) is 0 Å². The Morgan fingerprint density at radius 1 is 1.08 bits per heavy atom. The van der Waals surface area contributed by atoms with Gasteiger partial charge in [0.05, 0.1) is 4.90 Å². The number of hydrogen-bond donors (Lipinski definition) is 0. The van der Waals surface area contributed by atoms with Crippen LogP contribution in [0.3, 0.4) is 0 Å². The Bertz CT molecular complexity index is 818. The Morgan fingerprint density at radius 2 is 1.72 bits per heavy atom. The molecule has 1 heterocycles. The van der Waals surface area contributed by atoms with Gasteiger partial charge in [-0.15, -0.1) is 0 Å². The number of rotatable bonds is 7. The number of carbonyl (C=O) groups is 1. The van der Waals surface area contributed by atoms with E-state index in [4.69, 9.17) is 0 Å². The van der Waals surface area contributed by atoms with Gasteiger partial charge in [0.25, 0.3) is 5.91 Å². The average Bonchev–Trinajstić information content (AvgIpc) is 2.62. The monoisotopic (exact) mass is 361 g/mol. The quantitative estimate of drug-likeness (QED) is 0.759. The number of benzene rings is 1. The minimum Gasteiger partial charge on any atom is -0.337 e. The summed E-state index contributed by atoms with van der Waals surface area (Å²) < 4.78 is 26.6. The number of pyridine rings is 1. The standard InChI is InChI=1S/C18H23N3O3S/c1-4-21(5-2)25(23,24)17-8-6-7-16(13-17)18(22)20(3)14-15-9-11-19-12-10-15/h6-13H,4-5,14H2,1-3H3. The molecule has 0 fully saturated rings. The fourth-order valence-electron chi connectivity index (χ4n) is 2.56. The molecular formula is C18H23N3O3S. The SMILES string of the molecule is CCN(CC)S(=O)(=O)c1cccc(C(=O)N(C)Cc2ccncc2)c1. The van der Waals surface area contributed by atoms with E-state index in [-0.39, 0.29) is 10.8 Å². The summed E-state index contributed by atoms with van der Waals surface area (Å²) in [4.78, 5) is 18.3. The summed E-state index contributed by atoms with van der Waals surface area (Å²) in [5.74, 6) is -0.228. The van der Waals surface area contributed by atoms with Gasteiger partial charge in [0, 0.05) is 44.6 Å². The van der Waals surface area contributed by atoms with Gasteiger partial charge in [-0.3, -0.25) is 9.78 Å². The highest BCUT2D eigenvalue weighted by Crippen LogP contribution is 2.18. The third kappa shape index (κ3) is 4.43. The number of aromatic nitrogens is 1. The van der Waals surface area contributed by atoms with E-state index in [9.17, 15) is 13.2 Å². The molecule has 2 aromatic rings. The second-order valence-corrected chi connectivity index (χ2v) is 7.57. The van der Waals surface area contributed by atoms with Crippen LogP contribution in [0, 0.1) is 0 Å². The van der Waals surface area contributed by atoms with Crippen LogP contribution in [0.5, 0.6) is 0 Å².